The van der Waals surface area contributed by atoms with Crippen LogP contribution in [0, 0.1) is 28.6 Å². The van der Waals surface area contributed by atoms with Crippen LogP contribution >= 0.6 is 0 Å². The first kappa shape index (κ1) is 18.4. The standard InChI is InChI=1S/C21H26O6/c1-20-8-7-12(22)9-11(20)3-4-13-14-5-6-16(23)21(14,2)10-15(17(13)20)27-19(26)18(24)25/h9,13-15,17H,3-8,10H2,1-2H3,(H,24,25)/t13-,14-,15-,17+,20-,21-/m0/s1. The molecule has 6 heteroatoms. The summed E-state index contributed by atoms with van der Waals surface area (Å²) in [7, 11) is 0. The van der Waals surface area contributed by atoms with Gasteiger partial charge in [0.2, 0.25) is 0 Å². The van der Waals surface area contributed by atoms with Crippen LogP contribution in [0.2, 0.25) is 0 Å². The zero-order chi connectivity index (χ0) is 19.6. The average Bonchev–Trinajstić information content (AvgIpc) is 2.90. The maximum absolute atomic E-state index is 12.7. The molecule has 0 aliphatic heterocycles. The molecule has 4 aliphatic rings. The molecule has 0 aromatic heterocycles. The number of carbonyl (C=O) groups is 4. The summed E-state index contributed by atoms with van der Waals surface area (Å²) in [6.07, 6.45) is 5.76. The summed E-state index contributed by atoms with van der Waals surface area (Å²) < 4.78 is 5.48. The van der Waals surface area contributed by atoms with Gasteiger partial charge in [-0.15, -0.1) is 0 Å². The molecular formula is C21H26O6. The van der Waals surface area contributed by atoms with Gasteiger partial charge in [-0.1, -0.05) is 19.4 Å². The summed E-state index contributed by atoms with van der Waals surface area (Å²) in [6, 6.07) is 0. The Morgan fingerprint density at radius 2 is 1.85 bits per heavy atom. The van der Waals surface area contributed by atoms with Gasteiger partial charge in [-0.3, -0.25) is 9.59 Å². The summed E-state index contributed by atoms with van der Waals surface area (Å²) in [5, 5.41) is 9.05. The molecule has 0 aromatic carbocycles. The summed E-state index contributed by atoms with van der Waals surface area (Å²) in [6.45, 7) is 4.09. The van der Waals surface area contributed by atoms with Crippen LogP contribution in [0.1, 0.15) is 58.8 Å². The number of hydrogen-bond acceptors (Lipinski definition) is 5. The van der Waals surface area contributed by atoms with Crippen molar-refractivity contribution in [2.45, 2.75) is 64.9 Å². The fourth-order valence-electron chi connectivity index (χ4n) is 6.72. The van der Waals surface area contributed by atoms with Gasteiger partial charge in [-0.2, -0.15) is 0 Å². The van der Waals surface area contributed by atoms with Crippen molar-refractivity contribution in [1.29, 1.82) is 0 Å². The summed E-state index contributed by atoms with van der Waals surface area (Å²) in [4.78, 5) is 47.6. The van der Waals surface area contributed by atoms with Crippen molar-refractivity contribution < 1.29 is 29.0 Å². The number of ketones is 2. The van der Waals surface area contributed by atoms with Crippen LogP contribution in [0.5, 0.6) is 0 Å². The molecule has 3 fully saturated rings. The van der Waals surface area contributed by atoms with Gasteiger partial charge in [0.1, 0.15) is 11.9 Å². The Kier molecular flexibility index (Phi) is 4.09. The van der Waals surface area contributed by atoms with E-state index in [0.717, 1.165) is 24.8 Å². The van der Waals surface area contributed by atoms with E-state index in [1.54, 1.807) is 6.08 Å². The first-order valence-corrected chi connectivity index (χ1v) is 9.88. The maximum atomic E-state index is 12.7. The van der Waals surface area contributed by atoms with Crippen LogP contribution in [0.15, 0.2) is 11.6 Å². The zero-order valence-electron chi connectivity index (χ0n) is 15.8. The van der Waals surface area contributed by atoms with Gasteiger partial charge in [-0.05, 0) is 55.4 Å². The second-order valence-electron chi connectivity index (χ2n) is 9.22. The number of allylic oxidation sites excluding steroid dienone is 1. The van der Waals surface area contributed by atoms with E-state index in [-0.39, 0.29) is 34.7 Å². The predicted octanol–water partition coefficient (Wildman–Crippen LogP) is 2.69. The van der Waals surface area contributed by atoms with E-state index in [4.69, 9.17) is 9.84 Å². The van der Waals surface area contributed by atoms with E-state index in [1.807, 2.05) is 6.92 Å². The molecule has 4 rings (SSSR count). The molecule has 1 N–H and O–H groups in total. The topological polar surface area (TPSA) is 97.7 Å². The van der Waals surface area contributed by atoms with E-state index >= 15 is 0 Å². The van der Waals surface area contributed by atoms with Crippen molar-refractivity contribution in [2.75, 3.05) is 0 Å². The highest BCUT2D eigenvalue weighted by molar-refractivity contribution is 6.28. The van der Waals surface area contributed by atoms with Crippen molar-refractivity contribution in [3.8, 4) is 0 Å². The minimum absolute atomic E-state index is 0.0436. The molecule has 0 spiro atoms. The third kappa shape index (κ3) is 2.59. The molecule has 6 atom stereocenters. The molecule has 6 nitrogen and oxygen atoms in total. The Morgan fingerprint density at radius 3 is 2.56 bits per heavy atom. The highest BCUT2D eigenvalue weighted by atomic mass is 16.6. The van der Waals surface area contributed by atoms with Gasteiger partial charge >= 0.3 is 11.9 Å². The molecule has 3 saturated carbocycles. The first-order chi connectivity index (χ1) is 12.7. The van der Waals surface area contributed by atoms with Crippen LogP contribution in [0.25, 0.3) is 0 Å². The van der Waals surface area contributed by atoms with E-state index < -0.39 is 23.5 Å². The maximum Gasteiger partial charge on any atom is 0.417 e. The zero-order valence-corrected chi connectivity index (χ0v) is 15.8. The minimum Gasteiger partial charge on any atom is -0.473 e. The van der Waals surface area contributed by atoms with Crippen molar-refractivity contribution in [3.05, 3.63) is 11.6 Å². The summed E-state index contributed by atoms with van der Waals surface area (Å²) in [5.41, 5.74) is 0.268. The Bertz CT molecular complexity index is 767. The van der Waals surface area contributed by atoms with Gasteiger partial charge in [0.25, 0.3) is 0 Å². The van der Waals surface area contributed by atoms with Gasteiger partial charge in [-0.25, -0.2) is 9.59 Å². The predicted molar refractivity (Wildman–Crippen MR) is 94.6 cm³/mol. The molecule has 0 saturated heterocycles. The van der Waals surface area contributed by atoms with Crippen molar-refractivity contribution in [2.24, 2.45) is 28.6 Å². The first-order valence-electron chi connectivity index (χ1n) is 9.88. The number of carboxylic acids is 1. The van der Waals surface area contributed by atoms with Crippen molar-refractivity contribution >= 4 is 23.5 Å². The number of fused-ring (bicyclic) bond motifs is 5. The largest absolute Gasteiger partial charge is 0.473 e. The third-order valence-corrected chi connectivity index (χ3v) is 8.02. The number of ether oxygens (including phenoxy) is 1. The number of carbonyl (C=O) groups excluding carboxylic acids is 3. The highest BCUT2D eigenvalue weighted by Gasteiger charge is 2.63. The fraction of sp³-hybridized carbons (Fsp3) is 0.714. The van der Waals surface area contributed by atoms with Crippen LogP contribution in [-0.2, 0) is 23.9 Å². The van der Waals surface area contributed by atoms with E-state index in [2.05, 4.69) is 6.92 Å². The summed E-state index contributed by atoms with van der Waals surface area (Å²) in [5.74, 6) is -2.12. The number of aliphatic carboxylic acids is 1. The average molecular weight is 374 g/mol. The molecular weight excluding hydrogens is 348 g/mol. The molecule has 0 bridgehead atoms. The lowest BCUT2D eigenvalue weighted by Gasteiger charge is -2.58. The Morgan fingerprint density at radius 1 is 1.11 bits per heavy atom. The number of carboxylic acid groups (broad SMARTS) is 1. The SMILES string of the molecule is C[C@]12CCC(=O)C=C1CC[C@@H]1[C@@H]2[C@@H](OC(=O)C(=O)O)C[C@]2(C)C(=O)CC[C@@H]12. The lowest BCUT2D eigenvalue weighted by atomic mass is 9.46. The Labute approximate surface area is 158 Å². The molecule has 146 valence electrons. The third-order valence-electron chi connectivity index (χ3n) is 8.02. The molecule has 0 unspecified atom stereocenters. The van der Waals surface area contributed by atoms with Crippen molar-refractivity contribution in [3.63, 3.8) is 0 Å². The van der Waals surface area contributed by atoms with Gasteiger partial charge in [0.15, 0.2) is 5.78 Å². The van der Waals surface area contributed by atoms with E-state index in [1.165, 1.54) is 0 Å². The van der Waals surface area contributed by atoms with Crippen LogP contribution in [-0.4, -0.2) is 34.7 Å². The normalized spacial score (nSPS) is 43.3. The lowest BCUT2D eigenvalue weighted by molar-refractivity contribution is -0.184. The Hall–Kier alpha value is -1.98. The highest BCUT2D eigenvalue weighted by Crippen LogP contribution is 2.64. The Balaban J connectivity index is 1.77. The molecule has 0 radical (unpaired) electrons. The fourth-order valence-corrected chi connectivity index (χ4v) is 6.72. The number of hydrogen-bond donors (Lipinski definition) is 1. The summed E-state index contributed by atoms with van der Waals surface area (Å²) >= 11 is 0. The quantitative estimate of drug-likeness (QED) is 0.560. The van der Waals surface area contributed by atoms with Crippen molar-refractivity contribution in [1.82, 2.24) is 0 Å². The lowest BCUT2D eigenvalue weighted by Crippen LogP contribution is -2.57. The van der Waals surface area contributed by atoms with Gasteiger partial charge < -0.3 is 9.84 Å². The van der Waals surface area contributed by atoms with Crippen LogP contribution in [0.4, 0.5) is 0 Å². The van der Waals surface area contributed by atoms with Crippen LogP contribution in [0.3, 0.4) is 0 Å². The molecule has 4 aliphatic carbocycles. The van der Waals surface area contributed by atoms with Crippen LogP contribution < -0.4 is 0 Å². The molecule has 0 heterocycles. The van der Waals surface area contributed by atoms with Gasteiger partial charge in [0, 0.05) is 24.2 Å². The molecule has 27 heavy (non-hydrogen) atoms. The second-order valence-corrected chi connectivity index (χ2v) is 9.22. The minimum atomic E-state index is -1.60. The second kappa shape index (κ2) is 6.01. The molecule has 0 aromatic rings. The monoisotopic (exact) mass is 374 g/mol. The number of rotatable bonds is 1. The number of esters is 1. The van der Waals surface area contributed by atoms with E-state index in [0.29, 0.717) is 25.7 Å². The smallest absolute Gasteiger partial charge is 0.417 e. The van der Waals surface area contributed by atoms with Gasteiger partial charge in [0.05, 0.1) is 0 Å². The number of Topliss-reactive ketones (excluding diaryl/α,β-unsaturated/α-hetero) is 1. The van der Waals surface area contributed by atoms with E-state index in [9.17, 15) is 19.2 Å². The molecule has 0 amide bonds.